The number of anilines is 2. The number of amides is 1. The molecular weight excluding hydrogens is 672 g/mol. The number of halogens is 6. The first kappa shape index (κ1) is 34.3. The lowest BCUT2D eigenvalue weighted by molar-refractivity contribution is -0.137. The second kappa shape index (κ2) is 12.7. The average molecular weight is 704 g/mol. The van der Waals surface area contributed by atoms with Gasteiger partial charge in [0.15, 0.2) is 5.82 Å². The van der Waals surface area contributed by atoms with Crippen LogP contribution in [0.3, 0.4) is 0 Å². The number of benzene rings is 2. The molecule has 6 rings (SSSR count). The van der Waals surface area contributed by atoms with Gasteiger partial charge in [-0.05, 0) is 50.6 Å². The van der Waals surface area contributed by atoms with Crippen LogP contribution in [0.2, 0.25) is 0 Å². The van der Waals surface area contributed by atoms with Crippen molar-refractivity contribution in [2.24, 2.45) is 0 Å². The Morgan fingerprint density at radius 3 is 2.67 bits per heavy atom. The normalized spacial score (nSPS) is 21.4. The van der Waals surface area contributed by atoms with Crippen LogP contribution < -0.4 is 15.4 Å². The molecule has 2 aliphatic rings. The van der Waals surface area contributed by atoms with Gasteiger partial charge in [-0.2, -0.15) is 23.1 Å². The molecule has 1 unspecified atom stereocenters. The number of alkyl halides is 4. The van der Waals surface area contributed by atoms with E-state index >= 15 is 4.39 Å². The molecule has 2 N–H and O–H groups in total. The number of hydrogen-bond donors (Lipinski definition) is 1. The summed E-state index contributed by atoms with van der Waals surface area (Å²) in [5.74, 6) is -2.63. The van der Waals surface area contributed by atoms with Gasteiger partial charge in [0.25, 0.3) is 0 Å². The topological polar surface area (TPSA) is 92.2 Å². The van der Waals surface area contributed by atoms with Crippen LogP contribution in [0.1, 0.15) is 25.3 Å². The van der Waals surface area contributed by atoms with Crippen molar-refractivity contribution < 1.29 is 35.9 Å². The van der Waals surface area contributed by atoms with E-state index in [0.717, 1.165) is 18.2 Å². The molecule has 4 aromatic rings. The summed E-state index contributed by atoms with van der Waals surface area (Å²) in [4.78, 5) is 29.4. The predicted octanol–water partition coefficient (Wildman–Crippen LogP) is 6.97. The van der Waals surface area contributed by atoms with Crippen LogP contribution in [0, 0.1) is 18.2 Å². The van der Waals surface area contributed by atoms with E-state index in [4.69, 9.17) is 17.0 Å². The zero-order valence-electron chi connectivity index (χ0n) is 26.6. The minimum Gasteiger partial charge on any atom is -0.462 e. The Morgan fingerprint density at radius 1 is 1.31 bits per heavy atom. The van der Waals surface area contributed by atoms with Crippen LogP contribution in [-0.4, -0.2) is 83.8 Å². The van der Waals surface area contributed by atoms with E-state index in [-0.39, 0.29) is 75.1 Å². The van der Waals surface area contributed by atoms with Crippen molar-refractivity contribution >= 4 is 54.7 Å². The minimum atomic E-state index is -5.13. The van der Waals surface area contributed by atoms with E-state index in [1.54, 1.807) is 35.7 Å². The Bertz CT molecular complexity index is 2030. The van der Waals surface area contributed by atoms with Gasteiger partial charge >= 0.3 is 12.2 Å². The third kappa shape index (κ3) is 5.88. The summed E-state index contributed by atoms with van der Waals surface area (Å²) in [5.41, 5.74) is 2.39. The summed E-state index contributed by atoms with van der Waals surface area (Å²) < 4.78 is 96.4. The van der Waals surface area contributed by atoms with Crippen molar-refractivity contribution in [3.63, 3.8) is 0 Å². The molecule has 2 aromatic heterocycles. The third-order valence-corrected chi connectivity index (χ3v) is 10.4. The summed E-state index contributed by atoms with van der Waals surface area (Å²) in [6.45, 7) is 13.3. The van der Waals surface area contributed by atoms with E-state index in [2.05, 4.69) is 21.4 Å². The second-order valence-electron chi connectivity index (χ2n) is 12.2. The number of aromatic nitrogens is 2. The zero-order valence-corrected chi connectivity index (χ0v) is 27.4. The summed E-state index contributed by atoms with van der Waals surface area (Å²) in [5, 5.41) is -0.671. The standard InChI is InChI=1S/C33H31F6N7O2S/c1-6-23(47)46-10-9-22(15(46)2)45(5)31-19-12-20(33(37,38)39)24(18-7-8-21(35)29-25(18)28(41-3)30(40)49-29)26(36)27(19)42-32(43-31)48-14-17-11-16(34)13-44(17)4/h6-8,12,15-17,22H,1,9-11,13-14,40H2,2,4-5H3/t15-,16-,17+,22?/m1/s1. The smallest absolute Gasteiger partial charge is 0.417 e. The number of nitrogen functional groups attached to an aromatic ring is 1. The molecule has 2 aliphatic heterocycles. The van der Waals surface area contributed by atoms with Crippen LogP contribution in [0.25, 0.3) is 37.0 Å². The number of carbonyl (C=O) groups excluding carboxylic acids is 1. The lowest BCUT2D eigenvalue weighted by Crippen LogP contribution is -2.43. The monoisotopic (exact) mass is 703 g/mol. The molecule has 258 valence electrons. The summed E-state index contributed by atoms with van der Waals surface area (Å²) in [6, 6.07) is 1.02. The molecule has 49 heavy (non-hydrogen) atoms. The molecular formula is C33H31F6N7O2S. The van der Waals surface area contributed by atoms with Gasteiger partial charge in [0.05, 0.1) is 27.9 Å². The first-order valence-electron chi connectivity index (χ1n) is 15.3. The van der Waals surface area contributed by atoms with Crippen LogP contribution >= 0.6 is 11.3 Å². The Hall–Kier alpha value is -4.62. The number of carbonyl (C=O) groups is 1. The maximum Gasteiger partial charge on any atom is 0.417 e. The van der Waals surface area contributed by atoms with Crippen LogP contribution in [0.15, 0.2) is 30.9 Å². The Balaban J connectivity index is 1.59. The SMILES string of the molecule is [C-]#[N+]c1c(N)sc2c(F)ccc(-c3c(C(F)(F)F)cc4c(N(C)C5CCN(C(=O)C=C)[C@@H]5C)nc(OC[C@@H]5C[C@@H](F)CN5C)nc4c3F)c12. The van der Waals surface area contributed by atoms with Crippen LogP contribution in [0.4, 0.5) is 42.8 Å². The van der Waals surface area contributed by atoms with Crippen molar-refractivity contribution in [2.45, 2.75) is 50.2 Å². The fourth-order valence-electron chi connectivity index (χ4n) is 6.91. The number of hydrogen-bond acceptors (Lipinski definition) is 8. The van der Waals surface area contributed by atoms with Gasteiger partial charge in [-0.1, -0.05) is 12.6 Å². The van der Waals surface area contributed by atoms with Gasteiger partial charge in [0.2, 0.25) is 11.6 Å². The molecule has 2 saturated heterocycles. The minimum absolute atomic E-state index is 0.0801. The first-order valence-corrected chi connectivity index (χ1v) is 16.1. The molecule has 0 spiro atoms. The van der Waals surface area contributed by atoms with Crippen molar-refractivity contribution in [1.82, 2.24) is 19.8 Å². The fourth-order valence-corrected chi connectivity index (χ4v) is 7.85. The van der Waals surface area contributed by atoms with Crippen LogP contribution in [0.5, 0.6) is 6.01 Å². The fraction of sp³-hybridized carbons (Fsp3) is 0.394. The van der Waals surface area contributed by atoms with Gasteiger partial charge in [-0.25, -0.2) is 18.0 Å². The number of likely N-dealkylation sites (N-methyl/N-ethyl adjacent to an activating group) is 2. The highest BCUT2D eigenvalue weighted by atomic mass is 32.1. The van der Waals surface area contributed by atoms with Gasteiger partial charge in [-0.3, -0.25) is 9.69 Å². The maximum absolute atomic E-state index is 17.0. The lowest BCUT2D eigenvalue weighted by atomic mass is 9.93. The molecule has 9 nitrogen and oxygen atoms in total. The summed E-state index contributed by atoms with van der Waals surface area (Å²) in [7, 11) is 3.29. The van der Waals surface area contributed by atoms with E-state index in [0.29, 0.717) is 24.3 Å². The maximum atomic E-state index is 17.0. The number of nitrogens with zero attached hydrogens (tertiary/aromatic N) is 6. The Labute approximate surface area is 281 Å². The molecule has 16 heteroatoms. The quantitative estimate of drug-likeness (QED) is 0.126. The van der Waals surface area contributed by atoms with Crippen molar-refractivity contribution in [3.8, 4) is 17.1 Å². The van der Waals surface area contributed by atoms with Crippen molar-refractivity contribution in [1.29, 1.82) is 0 Å². The summed E-state index contributed by atoms with van der Waals surface area (Å²) in [6.07, 6.45) is -4.44. The number of rotatable bonds is 7. The van der Waals surface area contributed by atoms with E-state index in [1.807, 2.05) is 0 Å². The zero-order chi connectivity index (χ0) is 35.5. The van der Waals surface area contributed by atoms with Crippen LogP contribution in [-0.2, 0) is 11.0 Å². The molecule has 0 bridgehead atoms. The molecule has 2 fully saturated rings. The molecule has 4 atom stereocenters. The van der Waals surface area contributed by atoms with E-state index in [9.17, 15) is 26.7 Å². The van der Waals surface area contributed by atoms with Crippen molar-refractivity contribution in [2.75, 3.05) is 44.4 Å². The summed E-state index contributed by atoms with van der Waals surface area (Å²) >= 11 is 0.676. The van der Waals surface area contributed by atoms with Gasteiger partial charge in [0.1, 0.15) is 29.9 Å². The highest BCUT2D eigenvalue weighted by molar-refractivity contribution is 7.23. The molecule has 0 radical (unpaired) electrons. The lowest BCUT2D eigenvalue weighted by Gasteiger charge is -2.32. The number of ether oxygens (including phenoxy) is 1. The number of thiophene rings is 1. The largest absolute Gasteiger partial charge is 0.462 e. The van der Waals surface area contributed by atoms with E-state index < -0.39 is 52.7 Å². The molecule has 0 aliphatic carbocycles. The van der Waals surface area contributed by atoms with Gasteiger partial charge in [-0.15, -0.1) is 11.3 Å². The third-order valence-electron chi connectivity index (χ3n) is 9.41. The Morgan fingerprint density at radius 2 is 2.04 bits per heavy atom. The second-order valence-corrected chi connectivity index (χ2v) is 13.3. The highest BCUT2D eigenvalue weighted by Crippen LogP contribution is 2.50. The predicted molar refractivity (Wildman–Crippen MR) is 176 cm³/mol. The first-order chi connectivity index (χ1) is 23.2. The molecule has 1 amide bonds. The average Bonchev–Trinajstić information content (AvgIpc) is 3.71. The molecule has 2 aromatic carbocycles. The number of likely N-dealkylation sites (tertiary alicyclic amines) is 2. The number of nitrogens with two attached hydrogens (primary N) is 1. The Kier molecular flexibility index (Phi) is 8.86. The molecule has 4 heterocycles. The van der Waals surface area contributed by atoms with Crippen molar-refractivity contribution in [3.05, 3.63) is 59.5 Å². The number of fused-ring (bicyclic) bond motifs is 2. The van der Waals surface area contributed by atoms with Gasteiger partial charge < -0.3 is 20.3 Å². The molecule has 0 saturated carbocycles. The highest BCUT2D eigenvalue weighted by Gasteiger charge is 2.40. The van der Waals surface area contributed by atoms with E-state index in [1.165, 1.54) is 6.08 Å². The van der Waals surface area contributed by atoms with Gasteiger partial charge in [0, 0.05) is 48.6 Å².